The number of carbonyl (C=O) groups excluding carboxylic acids is 9. The van der Waals surface area contributed by atoms with Gasteiger partial charge >= 0.3 is 17.9 Å². The van der Waals surface area contributed by atoms with Gasteiger partial charge in [-0.15, -0.1) is 0 Å². The highest BCUT2D eigenvalue weighted by Crippen LogP contribution is 2.12. The van der Waals surface area contributed by atoms with Crippen LogP contribution in [0, 0.1) is 23.7 Å². The summed E-state index contributed by atoms with van der Waals surface area (Å²) in [6.45, 7) is 12.4. The standard InChI is InChI=1S/C49H78N10O17/c1-23(2)17-30(52-40(66)27(9)51-41(67)29(50)15-16-36(62)63)42(68)56-34(21-60)45(71)54-32(19-28-13-11-10-12-14-28)44(70)59-39(26(7)8)48(74)57-35(22-61)46(72)53-31(18-24(3)4)43(69)58-38(25(5)6)47(73)55-33(49(75)76)20-37(64)65/h10-14,23-27,29-35,38-39,60-61H,15-22,50H2,1-9H3,(H,51,67)(H,52,66)(H,53,72)(H,54,71)(H,55,73)(H,56,68)(H,57,74)(H,58,69)(H,59,70)(H,62,63)(H,64,65)(H,75,76)/t27-,29-,30-,31-,32-,33-,34-,35-,38-,39-/m0/s1. The summed E-state index contributed by atoms with van der Waals surface area (Å²) >= 11 is 0. The molecule has 27 heteroatoms. The van der Waals surface area contributed by atoms with Crippen molar-refractivity contribution in [2.75, 3.05) is 13.2 Å². The largest absolute Gasteiger partial charge is 0.481 e. The summed E-state index contributed by atoms with van der Waals surface area (Å²) < 4.78 is 0. The number of rotatable bonds is 34. The number of carboxylic acid groups (broad SMARTS) is 3. The minimum atomic E-state index is -1.82. The third kappa shape index (κ3) is 24.0. The lowest BCUT2D eigenvalue weighted by molar-refractivity contribution is -0.147. The van der Waals surface area contributed by atoms with Gasteiger partial charge in [0.1, 0.15) is 54.4 Å². The Kier molecular flexibility index (Phi) is 28.9. The lowest BCUT2D eigenvalue weighted by Crippen LogP contribution is -2.62. The van der Waals surface area contributed by atoms with Crippen molar-refractivity contribution in [2.24, 2.45) is 29.4 Å². The molecule has 0 aliphatic rings. The zero-order chi connectivity index (χ0) is 58.1. The van der Waals surface area contributed by atoms with Gasteiger partial charge in [-0.1, -0.05) is 85.7 Å². The Balaban J connectivity index is 3.34. The van der Waals surface area contributed by atoms with Gasteiger partial charge in [0.2, 0.25) is 53.2 Å². The number of aliphatic hydroxyl groups excluding tert-OH is 2. The van der Waals surface area contributed by atoms with Crippen molar-refractivity contribution < 1.29 is 83.1 Å². The van der Waals surface area contributed by atoms with E-state index < -0.39 is 169 Å². The van der Waals surface area contributed by atoms with E-state index in [1.807, 2.05) is 0 Å². The van der Waals surface area contributed by atoms with Crippen molar-refractivity contribution >= 4 is 71.1 Å². The van der Waals surface area contributed by atoms with Crippen molar-refractivity contribution in [3.8, 4) is 0 Å². The van der Waals surface area contributed by atoms with Crippen molar-refractivity contribution in [1.29, 1.82) is 0 Å². The molecule has 16 N–H and O–H groups in total. The number of benzene rings is 1. The third-order valence-electron chi connectivity index (χ3n) is 11.5. The highest BCUT2D eigenvalue weighted by Gasteiger charge is 2.37. The Morgan fingerprint density at radius 2 is 0.829 bits per heavy atom. The molecule has 426 valence electrons. The molecule has 0 unspecified atom stereocenters. The number of carbonyl (C=O) groups is 12. The number of nitrogens with two attached hydrogens (primary N) is 1. The van der Waals surface area contributed by atoms with Gasteiger partial charge in [-0.25, -0.2) is 4.79 Å². The van der Waals surface area contributed by atoms with Gasteiger partial charge in [-0.05, 0) is 55.4 Å². The van der Waals surface area contributed by atoms with E-state index in [0.29, 0.717) is 5.56 Å². The van der Waals surface area contributed by atoms with Gasteiger partial charge in [-0.3, -0.25) is 52.7 Å². The highest BCUT2D eigenvalue weighted by atomic mass is 16.4. The molecule has 0 aliphatic heterocycles. The van der Waals surface area contributed by atoms with Crippen molar-refractivity contribution in [2.45, 2.75) is 161 Å². The van der Waals surface area contributed by atoms with Crippen LogP contribution < -0.4 is 53.6 Å². The summed E-state index contributed by atoms with van der Waals surface area (Å²) in [6.07, 6.45) is -1.74. The van der Waals surface area contributed by atoms with Crippen LogP contribution in [0.5, 0.6) is 0 Å². The van der Waals surface area contributed by atoms with Crippen LogP contribution in [-0.2, 0) is 64.0 Å². The minimum absolute atomic E-state index is 0.0238. The maximum absolute atomic E-state index is 14.1. The molecule has 0 bridgehead atoms. The maximum atomic E-state index is 14.1. The molecule has 1 aromatic carbocycles. The lowest BCUT2D eigenvalue weighted by atomic mass is 9.99. The monoisotopic (exact) mass is 1080 g/mol. The Morgan fingerprint density at radius 3 is 1.24 bits per heavy atom. The first-order chi connectivity index (χ1) is 35.4. The second-order valence-electron chi connectivity index (χ2n) is 19.8. The molecule has 0 saturated carbocycles. The molecule has 0 radical (unpaired) electrons. The molecule has 0 aliphatic carbocycles. The fraction of sp³-hybridized carbons (Fsp3) is 0.633. The average Bonchev–Trinajstić information content (AvgIpc) is 3.32. The van der Waals surface area contributed by atoms with Crippen LogP contribution in [0.3, 0.4) is 0 Å². The summed E-state index contributed by atoms with van der Waals surface area (Å²) in [5.74, 6) is -14.6. The Hall–Kier alpha value is -7.26. The quantitative estimate of drug-likeness (QED) is 0.0322. The molecule has 76 heavy (non-hydrogen) atoms. The van der Waals surface area contributed by atoms with E-state index in [9.17, 15) is 72.9 Å². The van der Waals surface area contributed by atoms with Gasteiger partial charge < -0.3 is 79.1 Å². The molecule has 0 fully saturated rings. The topological polar surface area (TPSA) is 440 Å². The molecular formula is C49H78N10O17. The van der Waals surface area contributed by atoms with Gasteiger partial charge in [0, 0.05) is 12.8 Å². The summed E-state index contributed by atoms with van der Waals surface area (Å²) in [4.78, 5) is 155. The normalized spacial score (nSPS) is 15.2. The van der Waals surface area contributed by atoms with Crippen LogP contribution in [-0.4, -0.2) is 170 Å². The van der Waals surface area contributed by atoms with Gasteiger partial charge in [0.25, 0.3) is 0 Å². The first-order valence-electron chi connectivity index (χ1n) is 24.8. The van der Waals surface area contributed by atoms with Crippen molar-refractivity contribution in [3.05, 3.63) is 35.9 Å². The molecule has 0 heterocycles. The van der Waals surface area contributed by atoms with E-state index in [-0.39, 0.29) is 37.5 Å². The first kappa shape index (κ1) is 66.8. The van der Waals surface area contributed by atoms with E-state index in [1.165, 1.54) is 20.8 Å². The molecule has 1 aromatic rings. The summed E-state index contributed by atoms with van der Waals surface area (Å²) in [6, 6.07) is -6.44. The van der Waals surface area contributed by atoms with Crippen LogP contribution >= 0.6 is 0 Å². The van der Waals surface area contributed by atoms with Crippen LogP contribution in [0.25, 0.3) is 0 Å². The maximum Gasteiger partial charge on any atom is 0.326 e. The van der Waals surface area contributed by atoms with E-state index in [2.05, 4.69) is 47.9 Å². The SMILES string of the molecule is CC(C)C[C@H](NC(=O)[C@H](C)NC(=O)[C@@H](N)CCC(=O)O)C(=O)N[C@@H](CO)C(=O)N[C@@H](Cc1ccccc1)C(=O)N[C@H](C(=O)N[C@@H](CO)C(=O)N[C@@H](CC(C)C)C(=O)N[C@H](C(=O)N[C@@H](CC(=O)O)C(=O)O)C(C)C)C(C)C. The second kappa shape index (κ2) is 32.9. The number of carboxylic acids is 3. The molecule has 9 amide bonds. The number of hydrogen-bond donors (Lipinski definition) is 15. The number of hydrogen-bond acceptors (Lipinski definition) is 15. The summed E-state index contributed by atoms with van der Waals surface area (Å²) in [5, 5.41) is 69.7. The number of aliphatic hydroxyl groups is 2. The van der Waals surface area contributed by atoms with Gasteiger partial charge in [-0.2, -0.15) is 0 Å². The summed E-state index contributed by atoms with van der Waals surface area (Å²) in [7, 11) is 0. The summed E-state index contributed by atoms with van der Waals surface area (Å²) in [5.41, 5.74) is 6.28. The van der Waals surface area contributed by atoms with Gasteiger partial charge in [0.05, 0.1) is 25.7 Å². The van der Waals surface area contributed by atoms with E-state index >= 15 is 0 Å². The number of nitrogens with one attached hydrogen (secondary N) is 9. The second-order valence-corrected chi connectivity index (χ2v) is 19.8. The molecule has 0 aromatic heterocycles. The van der Waals surface area contributed by atoms with Crippen molar-refractivity contribution in [1.82, 2.24) is 47.9 Å². The highest BCUT2D eigenvalue weighted by molar-refractivity contribution is 5.99. The van der Waals surface area contributed by atoms with Crippen LogP contribution in [0.1, 0.15) is 100.0 Å². The van der Waals surface area contributed by atoms with Crippen LogP contribution in [0.15, 0.2) is 30.3 Å². The van der Waals surface area contributed by atoms with E-state index in [1.54, 1.807) is 71.9 Å². The molecular weight excluding hydrogens is 1000 g/mol. The number of aliphatic carboxylic acids is 3. The van der Waals surface area contributed by atoms with Crippen LogP contribution in [0.4, 0.5) is 0 Å². The van der Waals surface area contributed by atoms with E-state index in [0.717, 1.165) is 0 Å². The molecule has 0 saturated heterocycles. The predicted molar refractivity (Wildman–Crippen MR) is 271 cm³/mol. The smallest absolute Gasteiger partial charge is 0.326 e. The molecule has 1 rings (SSSR count). The minimum Gasteiger partial charge on any atom is -0.481 e. The molecule has 10 atom stereocenters. The first-order valence-corrected chi connectivity index (χ1v) is 24.8. The third-order valence-corrected chi connectivity index (χ3v) is 11.5. The fourth-order valence-electron chi connectivity index (χ4n) is 7.24. The Labute approximate surface area is 440 Å². The Bertz CT molecular complexity index is 2180. The number of amides is 9. The predicted octanol–water partition coefficient (Wildman–Crippen LogP) is -3.25. The van der Waals surface area contributed by atoms with Gasteiger partial charge in [0.15, 0.2) is 0 Å². The Morgan fingerprint density at radius 1 is 0.447 bits per heavy atom. The van der Waals surface area contributed by atoms with E-state index in [4.69, 9.17) is 15.9 Å². The molecule has 27 nitrogen and oxygen atoms in total. The average molecular weight is 1080 g/mol. The van der Waals surface area contributed by atoms with Crippen LogP contribution in [0.2, 0.25) is 0 Å². The lowest BCUT2D eigenvalue weighted by Gasteiger charge is -2.29. The molecule has 0 spiro atoms. The zero-order valence-electron chi connectivity index (χ0n) is 44.3. The zero-order valence-corrected chi connectivity index (χ0v) is 44.3. The van der Waals surface area contributed by atoms with Crippen molar-refractivity contribution in [3.63, 3.8) is 0 Å². The fourth-order valence-corrected chi connectivity index (χ4v) is 7.24.